The molecule has 2 atom stereocenters. The smallest absolute Gasteiger partial charge is 0.407 e. The first kappa shape index (κ1) is 28.7. The third-order valence-electron chi connectivity index (χ3n) is 7.87. The van der Waals surface area contributed by atoms with E-state index in [-0.39, 0.29) is 55.3 Å². The molecule has 1 aromatic heterocycles. The molecule has 3 aromatic rings. The Bertz CT molecular complexity index is 1530. The van der Waals surface area contributed by atoms with Crippen LogP contribution in [0.1, 0.15) is 29.8 Å². The van der Waals surface area contributed by atoms with Crippen molar-refractivity contribution in [2.45, 2.75) is 31.3 Å². The summed E-state index contributed by atoms with van der Waals surface area (Å²) in [5.74, 6) is 0.272. The van der Waals surface area contributed by atoms with E-state index in [4.69, 9.17) is 15.2 Å². The number of likely N-dealkylation sites (N-methyl/N-ethyl adjacent to an activating group) is 1. The molecule has 2 aliphatic rings. The van der Waals surface area contributed by atoms with Gasteiger partial charge in [-0.15, -0.1) is 0 Å². The number of rotatable bonds is 8. The van der Waals surface area contributed by atoms with Gasteiger partial charge in [0.05, 0.1) is 31.3 Å². The van der Waals surface area contributed by atoms with E-state index < -0.39 is 18.0 Å². The van der Waals surface area contributed by atoms with Gasteiger partial charge in [0, 0.05) is 37.1 Å². The number of hydrogen-bond donors (Lipinski definition) is 3. The van der Waals surface area contributed by atoms with E-state index in [9.17, 15) is 20.0 Å². The van der Waals surface area contributed by atoms with Crippen LogP contribution in [0.4, 0.5) is 22.0 Å². The van der Waals surface area contributed by atoms with Gasteiger partial charge in [-0.05, 0) is 37.9 Å². The second-order valence-corrected chi connectivity index (χ2v) is 10.5. The quantitative estimate of drug-likeness (QED) is 0.361. The number of carboxylic acid groups (broad SMARTS) is 1. The maximum atomic E-state index is 13.8. The molecule has 4 N–H and O–H groups in total. The first-order valence-electron chi connectivity index (χ1n) is 13.8. The molecule has 0 radical (unpaired) electrons. The van der Waals surface area contributed by atoms with Gasteiger partial charge in [0.15, 0.2) is 11.5 Å². The Kier molecular flexibility index (Phi) is 8.44. The highest BCUT2D eigenvalue weighted by Crippen LogP contribution is 2.32. The van der Waals surface area contributed by atoms with E-state index in [1.54, 1.807) is 18.1 Å². The average molecular weight is 575 g/mol. The molecule has 42 heavy (non-hydrogen) atoms. The molecule has 2 unspecified atom stereocenters. The molecule has 2 fully saturated rings. The minimum absolute atomic E-state index is 0.00141. The largest absolute Gasteiger partial charge is 0.497 e. The number of anilines is 3. The van der Waals surface area contributed by atoms with Crippen LogP contribution < -0.4 is 25.4 Å². The van der Waals surface area contributed by atoms with Crippen LogP contribution in [0, 0.1) is 11.3 Å². The van der Waals surface area contributed by atoms with Crippen LogP contribution in [0.5, 0.6) is 11.8 Å². The number of nitrogen functional groups attached to an aromatic ring is 1. The Morgan fingerprint density at radius 2 is 2.00 bits per heavy atom. The van der Waals surface area contributed by atoms with E-state index in [1.165, 1.54) is 4.90 Å². The highest BCUT2D eigenvalue weighted by Gasteiger charge is 2.33. The molecular weight excluding hydrogens is 540 g/mol. The summed E-state index contributed by atoms with van der Waals surface area (Å²) in [5, 5.41) is 23.6. The van der Waals surface area contributed by atoms with Crippen LogP contribution >= 0.6 is 0 Å². The van der Waals surface area contributed by atoms with Gasteiger partial charge in [-0.2, -0.15) is 15.2 Å². The van der Waals surface area contributed by atoms with Gasteiger partial charge in [-0.3, -0.25) is 4.79 Å². The lowest BCUT2D eigenvalue weighted by Crippen LogP contribution is -2.55. The number of carbonyl (C=O) groups excluding carboxylic acids is 1. The monoisotopic (exact) mass is 574 g/mol. The second kappa shape index (κ2) is 12.4. The zero-order chi connectivity index (χ0) is 29.8. The molecule has 220 valence electrons. The lowest BCUT2D eigenvalue weighted by atomic mass is 10.1. The number of amides is 2. The Morgan fingerprint density at radius 3 is 2.71 bits per heavy atom. The minimum atomic E-state index is -1.10. The molecule has 13 nitrogen and oxygen atoms in total. The van der Waals surface area contributed by atoms with Gasteiger partial charge >= 0.3 is 12.1 Å². The summed E-state index contributed by atoms with van der Waals surface area (Å²) in [6.45, 7) is 1.89. The summed E-state index contributed by atoms with van der Waals surface area (Å²) in [5.41, 5.74) is 7.03. The summed E-state index contributed by atoms with van der Waals surface area (Å²) < 4.78 is 11.5. The summed E-state index contributed by atoms with van der Waals surface area (Å²) in [4.78, 5) is 39.7. The van der Waals surface area contributed by atoms with Crippen LogP contribution in [0.15, 0.2) is 36.4 Å². The molecule has 2 saturated heterocycles. The molecule has 0 bridgehead atoms. The standard InChI is InChI=1S/C29H34N8O5/c1-35-11-5-7-20(35)17-42-28-33-25(27(38)32-23-15-21(41-2)14-18-6-3-4-8-22(18)23)24(31)26(34-28)36-12-13-37(29(39)40)19(16-36)9-10-30/h3-4,6,8,14-15,19-20H,5,7,9,11-13,16-17,31H2,1-2H3,(H,32,38)(H,39,40). The van der Waals surface area contributed by atoms with Gasteiger partial charge in [-0.1, -0.05) is 24.3 Å². The Morgan fingerprint density at radius 1 is 1.19 bits per heavy atom. The predicted octanol–water partition coefficient (Wildman–Crippen LogP) is 3.03. The van der Waals surface area contributed by atoms with Crippen LogP contribution in [0.3, 0.4) is 0 Å². The topological polar surface area (TPSA) is 170 Å². The number of methoxy groups -OCH3 is 1. The first-order chi connectivity index (χ1) is 20.3. The molecule has 5 rings (SSSR count). The normalized spacial score (nSPS) is 19.0. The third-order valence-corrected chi connectivity index (χ3v) is 7.87. The fraction of sp³-hybridized carbons (Fsp3) is 0.414. The number of likely N-dealkylation sites (tertiary alicyclic amines) is 1. The van der Waals surface area contributed by atoms with Gasteiger partial charge in [0.25, 0.3) is 5.91 Å². The van der Waals surface area contributed by atoms with Gasteiger partial charge in [-0.25, -0.2) is 4.79 Å². The predicted molar refractivity (Wildman–Crippen MR) is 157 cm³/mol. The lowest BCUT2D eigenvalue weighted by Gasteiger charge is -2.40. The van der Waals surface area contributed by atoms with Crippen LogP contribution in [-0.2, 0) is 0 Å². The Labute approximate surface area is 243 Å². The molecule has 0 spiro atoms. The van der Waals surface area contributed by atoms with Crippen molar-refractivity contribution in [1.29, 1.82) is 5.26 Å². The number of nitrogens with two attached hydrogens (primary N) is 1. The summed E-state index contributed by atoms with van der Waals surface area (Å²) >= 11 is 0. The summed E-state index contributed by atoms with van der Waals surface area (Å²) in [6.07, 6.45) is 0.943. The minimum Gasteiger partial charge on any atom is -0.497 e. The molecule has 3 heterocycles. The number of aromatic nitrogens is 2. The lowest BCUT2D eigenvalue weighted by molar-refractivity contribution is 0.102. The number of piperazine rings is 1. The van der Waals surface area contributed by atoms with Crippen molar-refractivity contribution in [2.75, 3.05) is 62.9 Å². The zero-order valence-electron chi connectivity index (χ0n) is 23.6. The van der Waals surface area contributed by atoms with Crippen molar-refractivity contribution in [3.05, 3.63) is 42.1 Å². The van der Waals surface area contributed by atoms with Crippen molar-refractivity contribution < 1.29 is 24.2 Å². The van der Waals surface area contributed by atoms with E-state index in [0.717, 1.165) is 30.2 Å². The fourth-order valence-corrected chi connectivity index (χ4v) is 5.54. The van der Waals surface area contributed by atoms with Crippen molar-refractivity contribution in [3.63, 3.8) is 0 Å². The van der Waals surface area contributed by atoms with Crippen LogP contribution in [-0.4, -0.2) is 95.9 Å². The second-order valence-electron chi connectivity index (χ2n) is 10.5. The van der Waals surface area contributed by atoms with Crippen LogP contribution in [0.25, 0.3) is 10.8 Å². The number of carbonyl (C=O) groups is 2. The number of nitriles is 1. The number of hydrogen-bond acceptors (Lipinski definition) is 10. The molecule has 13 heteroatoms. The fourth-order valence-electron chi connectivity index (χ4n) is 5.54. The first-order valence-corrected chi connectivity index (χ1v) is 13.8. The summed E-state index contributed by atoms with van der Waals surface area (Å²) in [6, 6.07) is 12.8. The van der Waals surface area contributed by atoms with Crippen molar-refractivity contribution >= 4 is 40.0 Å². The highest BCUT2D eigenvalue weighted by atomic mass is 16.5. The number of nitrogens with zero attached hydrogens (tertiary/aromatic N) is 6. The Balaban J connectivity index is 1.50. The van der Waals surface area contributed by atoms with Gasteiger partial charge in [0.2, 0.25) is 0 Å². The van der Waals surface area contributed by atoms with E-state index in [1.807, 2.05) is 37.4 Å². The van der Waals surface area contributed by atoms with Crippen molar-refractivity contribution in [3.8, 4) is 17.8 Å². The molecule has 0 aliphatic carbocycles. The molecular formula is C29H34N8O5. The maximum absolute atomic E-state index is 13.8. The average Bonchev–Trinajstić information content (AvgIpc) is 3.40. The van der Waals surface area contributed by atoms with E-state index in [0.29, 0.717) is 18.0 Å². The van der Waals surface area contributed by atoms with Crippen LogP contribution in [0.2, 0.25) is 0 Å². The SMILES string of the molecule is COc1cc(NC(=O)c2nc(OCC3CCCN3C)nc(N3CCN(C(=O)O)C(CC#N)C3)c2N)c2ccccc2c1. The number of fused-ring (bicyclic) bond motifs is 1. The highest BCUT2D eigenvalue weighted by molar-refractivity contribution is 6.11. The third kappa shape index (κ3) is 5.94. The maximum Gasteiger partial charge on any atom is 0.407 e. The van der Waals surface area contributed by atoms with Crippen molar-refractivity contribution in [2.24, 2.45) is 0 Å². The molecule has 2 aliphatic heterocycles. The van der Waals surface area contributed by atoms with Gasteiger partial charge in [0.1, 0.15) is 18.0 Å². The zero-order valence-corrected chi connectivity index (χ0v) is 23.6. The van der Waals surface area contributed by atoms with Crippen molar-refractivity contribution in [1.82, 2.24) is 19.8 Å². The Hall–Kier alpha value is -4.83. The van der Waals surface area contributed by atoms with E-state index >= 15 is 0 Å². The van der Waals surface area contributed by atoms with E-state index in [2.05, 4.69) is 26.3 Å². The number of nitrogens with one attached hydrogen (secondary N) is 1. The molecule has 2 aromatic carbocycles. The van der Waals surface area contributed by atoms with Gasteiger partial charge < -0.3 is 40.3 Å². The molecule has 2 amide bonds. The molecule has 0 saturated carbocycles. The summed E-state index contributed by atoms with van der Waals surface area (Å²) in [7, 11) is 3.59. The number of ether oxygens (including phenoxy) is 2. The number of benzene rings is 2.